The van der Waals surface area contributed by atoms with Crippen molar-refractivity contribution in [2.24, 2.45) is 5.41 Å². The van der Waals surface area contributed by atoms with Crippen LogP contribution in [-0.4, -0.2) is 41.8 Å². The first kappa shape index (κ1) is 20.3. The van der Waals surface area contributed by atoms with E-state index in [1.54, 1.807) is 36.7 Å². The fourth-order valence-electron chi connectivity index (χ4n) is 4.25. The molecule has 5 nitrogen and oxygen atoms in total. The van der Waals surface area contributed by atoms with Crippen LogP contribution >= 0.6 is 11.3 Å². The summed E-state index contributed by atoms with van der Waals surface area (Å²) >= 11 is 1.71. The number of nitrogens with zero attached hydrogens (tertiary/aromatic N) is 2. The summed E-state index contributed by atoms with van der Waals surface area (Å²) in [7, 11) is 1.70. The Morgan fingerprint density at radius 2 is 1.83 bits per heavy atom. The van der Waals surface area contributed by atoms with Crippen LogP contribution in [0.4, 0.5) is 0 Å². The molecular formula is C24H25N3O2S. The number of nitrogens with one attached hydrogen (secondary N) is 1. The Bertz CT molecular complexity index is 1010. The van der Waals surface area contributed by atoms with Gasteiger partial charge in [0.05, 0.1) is 5.41 Å². The maximum atomic E-state index is 13.0. The molecule has 0 radical (unpaired) electrons. The van der Waals surface area contributed by atoms with Crippen molar-refractivity contribution in [1.29, 1.82) is 0 Å². The largest absolute Gasteiger partial charge is 0.359 e. The summed E-state index contributed by atoms with van der Waals surface area (Å²) in [5.41, 5.74) is 2.28. The van der Waals surface area contributed by atoms with Gasteiger partial charge in [0.2, 0.25) is 5.91 Å². The second-order valence-electron chi connectivity index (χ2n) is 7.68. The maximum Gasteiger partial charge on any atom is 0.272 e. The molecule has 0 unspecified atom stereocenters. The molecule has 2 amide bonds. The van der Waals surface area contributed by atoms with Crippen LogP contribution in [0, 0.1) is 5.41 Å². The minimum atomic E-state index is -0.525. The smallest absolute Gasteiger partial charge is 0.272 e. The lowest BCUT2D eigenvalue weighted by Gasteiger charge is -2.40. The molecule has 0 aliphatic carbocycles. The van der Waals surface area contributed by atoms with Gasteiger partial charge in [-0.3, -0.25) is 14.6 Å². The molecular weight excluding hydrogens is 394 g/mol. The van der Waals surface area contributed by atoms with Crippen molar-refractivity contribution >= 4 is 23.2 Å². The average Bonchev–Trinajstić information content (AvgIpc) is 3.34. The number of hydrogen-bond donors (Lipinski definition) is 1. The van der Waals surface area contributed by atoms with E-state index in [4.69, 9.17) is 0 Å². The van der Waals surface area contributed by atoms with Gasteiger partial charge in [-0.1, -0.05) is 36.4 Å². The van der Waals surface area contributed by atoms with Crippen molar-refractivity contribution in [3.05, 3.63) is 77.4 Å². The predicted molar refractivity (Wildman–Crippen MR) is 119 cm³/mol. The highest BCUT2D eigenvalue weighted by atomic mass is 32.1. The Labute approximate surface area is 180 Å². The van der Waals surface area contributed by atoms with Gasteiger partial charge in [0, 0.05) is 31.2 Å². The molecule has 6 heteroatoms. The zero-order chi connectivity index (χ0) is 21.0. The third kappa shape index (κ3) is 4.00. The highest BCUT2D eigenvalue weighted by Gasteiger charge is 2.42. The third-order valence-corrected chi connectivity index (χ3v) is 6.84. The Morgan fingerprint density at radius 3 is 2.50 bits per heavy atom. The lowest BCUT2D eigenvalue weighted by molar-refractivity contribution is -0.133. The Morgan fingerprint density at radius 1 is 1.07 bits per heavy atom. The molecule has 3 heterocycles. The predicted octanol–water partition coefficient (Wildman–Crippen LogP) is 4.02. The normalized spacial score (nSPS) is 15.6. The van der Waals surface area contributed by atoms with Crippen LogP contribution in [0.15, 0.2) is 66.2 Å². The first-order valence-electron chi connectivity index (χ1n) is 10.2. The van der Waals surface area contributed by atoms with E-state index < -0.39 is 5.41 Å². The number of aromatic nitrogens is 1. The Balaban J connectivity index is 1.56. The van der Waals surface area contributed by atoms with E-state index >= 15 is 0 Å². The summed E-state index contributed by atoms with van der Waals surface area (Å²) in [6.07, 6.45) is 3.55. The van der Waals surface area contributed by atoms with Crippen LogP contribution in [-0.2, 0) is 11.2 Å². The average molecular weight is 420 g/mol. The number of hydrogen-bond acceptors (Lipinski definition) is 4. The summed E-state index contributed by atoms with van der Waals surface area (Å²) in [5, 5.41) is 4.95. The molecule has 1 saturated heterocycles. The van der Waals surface area contributed by atoms with Crippen LogP contribution in [0.5, 0.6) is 0 Å². The van der Waals surface area contributed by atoms with Gasteiger partial charge in [0.15, 0.2) is 0 Å². The van der Waals surface area contributed by atoms with Crippen LogP contribution < -0.4 is 5.32 Å². The SMILES string of the molecule is CNC(=O)C1(Cc2ccccc2-c2cccs2)CCN(C(=O)c2ccccn2)CC1. The molecule has 30 heavy (non-hydrogen) atoms. The summed E-state index contributed by atoms with van der Waals surface area (Å²) < 4.78 is 0. The summed E-state index contributed by atoms with van der Waals surface area (Å²) in [4.78, 5) is 33.0. The molecule has 1 aliphatic rings. The Kier molecular flexibility index (Phi) is 5.95. The standard InChI is InChI=1S/C24H25N3O2S/c1-25-23(29)24(17-18-7-2-3-8-19(18)21-10-6-16-30-21)11-14-27(15-12-24)22(28)20-9-4-5-13-26-20/h2-10,13,16H,11-12,14-15,17H2,1H3,(H,25,29). The topological polar surface area (TPSA) is 62.3 Å². The highest BCUT2D eigenvalue weighted by Crippen LogP contribution is 2.39. The van der Waals surface area contributed by atoms with E-state index in [9.17, 15) is 9.59 Å². The second kappa shape index (κ2) is 8.79. The lowest BCUT2D eigenvalue weighted by atomic mass is 9.72. The zero-order valence-corrected chi connectivity index (χ0v) is 17.8. The van der Waals surface area contributed by atoms with E-state index in [1.807, 2.05) is 29.2 Å². The number of piperidine rings is 1. The van der Waals surface area contributed by atoms with Gasteiger partial charge in [-0.15, -0.1) is 11.3 Å². The number of carbonyl (C=O) groups is 2. The quantitative estimate of drug-likeness (QED) is 0.679. The van der Waals surface area contributed by atoms with Gasteiger partial charge in [-0.05, 0) is 54.0 Å². The van der Waals surface area contributed by atoms with Crippen molar-refractivity contribution in [1.82, 2.24) is 15.2 Å². The number of rotatable bonds is 5. The third-order valence-electron chi connectivity index (χ3n) is 5.93. The molecule has 0 bridgehead atoms. The van der Waals surface area contributed by atoms with Crippen LogP contribution in [0.1, 0.15) is 28.9 Å². The van der Waals surface area contributed by atoms with Gasteiger partial charge in [-0.2, -0.15) is 0 Å². The van der Waals surface area contributed by atoms with E-state index in [1.165, 1.54) is 16.0 Å². The number of carbonyl (C=O) groups excluding carboxylic acids is 2. The van der Waals surface area contributed by atoms with Gasteiger partial charge >= 0.3 is 0 Å². The molecule has 154 valence electrons. The molecule has 1 N–H and O–H groups in total. The van der Waals surface area contributed by atoms with Gasteiger partial charge in [0.1, 0.15) is 5.69 Å². The summed E-state index contributed by atoms with van der Waals surface area (Å²) in [6.45, 7) is 1.09. The van der Waals surface area contributed by atoms with Gasteiger partial charge in [-0.25, -0.2) is 0 Å². The van der Waals surface area contributed by atoms with Crippen molar-refractivity contribution < 1.29 is 9.59 Å². The maximum absolute atomic E-state index is 13.0. The minimum absolute atomic E-state index is 0.0495. The molecule has 2 aromatic heterocycles. The number of benzene rings is 1. The number of thiophene rings is 1. The monoisotopic (exact) mass is 419 g/mol. The van der Waals surface area contributed by atoms with Crippen molar-refractivity contribution in [3.63, 3.8) is 0 Å². The molecule has 0 atom stereocenters. The fraction of sp³-hybridized carbons (Fsp3) is 0.292. The first-order chi connectivity index (χ1) is 14.6. The summed E-state index contributed by atoms with van der Waals surface area (Å²) in [6, 6.07) is 17.8. The highest BCUT2D eigenvalue weighted by molar-refractivity contribution is 7.13. The lowest BCUT2D eigenvalue weighted by Crippen LogP contribution is -2.50. The van der Waals surface area contributed by atoms with Crippen LogP contribution in [0.3, 0.4) is 0 Å². The number of likely N-dealkylation sites (tertiary alicyclic amines) is 1. The molecule has 3 aromatic rings. The van der Waals surface area contributed by atoms with E-state index in [0.29, 0.717) is 38.0 Å². The molecule has 0 saturated carbocycles. The van der Waals surface area contributed by atoms with E-state index in [0.717, 1.165) is 0 Å². The van der Waals surface area contributed by atoms with Crippen molar-refractivity contribution in [3.8, 4) is 10.4 Å². The second-order valence-corrected chi connectivity index (χ2v) is 8.63. The molecule has 1 aliphatic heterocycles. The van der Waals surface area contributed by atoms with E-state index in [-0.39, 0.29) is 11.8 Å². The first-order valence-corrected chi connectivity index (χ1v) is 11.1. The van der Waals surface area contributed by atoms with Crippen LogP contribution in [0.25, 0.3) is 10.4 Å². The number of pyridine rings is 1. The summed E-state index contributed by atoms with van der Waals surface area (Å²) in [5.74, 6) is -0.0199. The van der Waals surface area contributed by atoms with Crippen LogP contribution in [0.2, 0.25) is 0 Å². The van der Waals surface area contributed by atoms with Crippen molar-refractivity contribution in [2.75, 3.05) is 20.1 Å². The fourth-order valence-corrected chi connectivity index (χ4v) is 5.04. The minimum Gasteiger partial charge on any atom is -0.359 e. The van der Waals surface area contributed by atoms with Gasteiger partial charge < -0.3 is 10.2 Å². The number of amides is 2. The molecule has 1 fully saturated rings. The Hall–Kier alpha value is -2.99. The molecule has 4 rings (SSSR count). The molecule has 0 spiro atoms. The van der Waals surface area contributed by atoms with E-state index in [2.05, 4.69) is 33.9 Å². The van der Waals surface area contributed by atoms with Crippen molar-refractivity contribution in [2.45, 2.75) is 19.3 Å². The molecule has 1 aromatic carbocycles. The van der Waals surface area contributed by atoms with Gasteiger partial charge in [0.25, 0.3) is 5.91 Å². The zero-order valence-electron chi connectivity index (χ0n) is 17.0.